The normalized spacial score (nSPS) is 16.1. The molecular weight excluding hydrogens is 468 g/mol. The molecule has 0 amide bonds. The number of pyridine rings is 1. The lowest BCUT2D eigenvalue weighted by atomic mass is 10.1. The topological polar surface area (TPSA) is 132 Å². The molecule has 35 heavy (non-hydrogen) atoms. The first-order valence-electron chi connectivity index (χ1n) is 11.3. The molecule has 0 saturated carbocycles. The average Bonchev–Trinajstić information content (AvgIpc) is 3.18. The molecule has 10 nitrogen and oxygen atoms in total. The number of carbonyl (C=O) groups excluding carboxylic acids is 1. The van der Waals surface area contributed by atoms with E-state index in [-0.39, 0.29) is 35.9 Å². The van der Waals surface area contributed by atoms with Crippen molar-refractivity contribution in [1.82, 2.24) is 14.1 Å². The Labute approximate surface area is 203 Å². The number of fused-ring (bicyclic) bond motifs is 1. The van der Waals surface area contributed by atoms with Crippen molar-refractivity contribution in [3.63, 3.8) is 0 Å². The van der Waals surface area contributed by atoms with Gasteiger partial charge in [0.2, 0.25) is 16.0 Å². The van der Waals surface area contributed by atoms with Crippen LogP contribution in [0.1, 0.15) is 30.1 Å². The number of Topliss-reactive ketones (excluding diaryl/α,β-unsaturated/α-hetero) is 1. The van der Waals surface area contributed by atoms with E-state index in [1.807, 2.05) is 0 Å². The molecule has 0 bridgehead atoms. The highest BCUT2D eigenvalue weighted by molar-refractivity contribution is 7.92. The van der Waals surface area contributed by atoms with Gasteiger partial charge in [-0.25, -0.2) is 13.4 Å². The molecule has 1 saturated heterocycles. The number of carbonyl (C=O) groups is 1. The van der Waals surface area contributed by atoms with Crippen molar-refractivity contribution in [3.8, 4) is 11.8 Å². The van der Waals surface area contributed by atoms with Gasteiger partial charge in [-0.05, 0) is 38.0 Å². The molecule has 3 aromatic rings. The maximum absolute atomic E-state index is 13.5. The molecular formula is C24H28N6O4S. The third-order valence-corrected chi connectivity index (χ3v) is 6.43. The molecule has 184 valence electrons. The number of sulfonamides is 1. The van der Waals surface area contributed by atoms with Gasteiger partial charge in [-0.3, -0.25) is 18.9 Å². The van der Waals surface area contributed by atoms with Crippen LogP contribution < -0.4 is 20.9 Å². The average molecular weight is 497 g/mol. The van der Waals surface area contributed by atoms with Crippen molar-refractivity contribution in [2.75, 3.05) is 29.0 Å². The lowest BCUT2D eigenvalue weighted by molar-refractivity contribution is 0.0972. The number of nitrogens with zero attached hydrogens (tertiary/aromatic N) is 4. The number of benzene rings is 1. The first-order valence-corrected chi connectivity index (χ1v) is 13.2. The third kappa shape index (κ3) is 5.39. The molecule has 3 heterocycles. The fourth-order valence-corrected chi connectivity index (χ4v) is 4.86. The summed E-state index contributed by atoms with van der Waals surface area (Å²) in [7, 11) is -3.58. The molecule has 0 spiro atoms. The first kappa shape index (κ1) is 24.5. The SMILES string of the molecule is CC#CCn1c(N2CCCC(N)C2)nc2ccn(CC(=O)c3ccccc3NS(C)(=O)=O)c(=O)c21. The van der Waals surface area contributed by atoms with Gasteiger partial charge >= 0.3 is 0 Å². The van der Waals surface area contributed by atoms with Crippen LogP contribution in [-0.2, 0) is 23.1 Å². The van der Waals surface area contributed by atoms with Crippen LogP contribution in [-0.4, -0.2) is 53.7 Å². The number of para-hydroxylation sites is 1. The molecule has 2 aromatic heterocycles. The number of rotatable bonds is 7. The highest BCUT2D eigenvalue weighted by Crippen LogP contribution is 2.24. The molecule has 11 heteroatoms. The second-order valence-electron chi connectivity index (χ2n) is 8.60. The Balaban J connectivity index is 1.74. The number of hydrogen-bond donors (Lipinski definition) is 2. The van der Waals surface area contributed by atoms with E-state index in [4.69, 9.17) is 10.7 Å². The summed E-state index contributed by atoms with van der Waals surface area (Å²) >= 11 is 0. The molecule has 1 atom stereocenters. The molecule has 3 N–H and O–H groups in total. The summed E-state index contributed by atoms with van der Waals surface area (Å²) in [6, 6.07) is 8.04. The van der Waals surface area contributed by atoms with Crippen LogP contribution in [0, 0.1) is 11.8 Å². The van der Waals surface area contributed by atoms with E-state index in [0.29, 0.717) is 23.5 Å². The van der Waals surface area contributed by atoms with Gasteiger partial charge in [-0.2, -0.15) is 0 Å². The van der Waals surface area contributed by atoms with Gasteiger partial charge in [-0.1, -0.05) is 18.1 Å². The van der Waals surface area contributed by atoms with Crippen molar-refractivity contribution >= 4 is 38.5 Å². The van der Waals surface area contributed by atoms with Crippen molar-refractivity contribution in [2.24, 2.45) is 5.73 Å². The number of imidazole rings is 1. The van der Waals surface area contributed by atoms with E-state index in [1.54, 1.807) is 29.7 Å². The number of nitrogens with one attached hydrogen (secondary N) is 1. The highest BCUT2D eigenvalue weighted by atomic mass is 32.2. The van der Waals surface area contributed by atoms with E-state index in [2.05, 4.69) is 21.5 Å². The Kier molecular flexibility index (Phi) is 6.95. The minimum absolute atomic E-state index is 0.0316. The van der Waals surface area contributed by atoms with Gasteiger partial charge in [0.25, 0.3) is 5.56 Å². The second-order valence-corrected chi connectivity index (χ2v) is 10.3. The zero-order valence-corrected chi connectivity index (χ0v) is 20.5. The van der Waals surface area contributed by atoms with Crippen LogP contribution >= 0.6 is 0 Å². The summed E-state index contributed by atoms with van der Waals surface area (Å²) in [5, 5.41) is 0. The molecule has 1 aromatic carbocycles. The van der Waals surface area contributed by atoms with Crippen molar-refractivity contribution in [1.29, 1.82) is 0 Å². The minimum Gasteiger partial charge on any atom is -0.341 e. The largest absolute Gasteiger partial charge is 0.341 e. The van der Waals surface area contributed by atoms with Gasteiger partial charge in [0.05, 0.1) is 30.5 Å². The van der Waals surface area contributed by atoms with E-state index < -0.39 is 15.8 Å². The Morgan fingerprint density at radius 3 is 2.77 bits per heavy atom. The van der Waals surface area contributed by atoms with E-state index in [9.17, 15) is 18.0 Å². The lowest BCUT2D eigenvalue weighted by Crippen LogP contribution is -2.44. The summed E-state index contributed by atoms with van der Waals surface area (Å²) in [5.41, 5.74) is 7.02. The number of anilines is 2. The van der Waals surface area contributed by atoms with Crippen LogP contribution in [0.3, 0.4) is 0 Å². The van der Waals surface area contributed by atoms with Crippen molar-refractivity contribution < 1.29 is 13.2 Å². The van der Waals surface area contributed by atoms with Crippen LogP contribution in [0.4, 0.5) is 11.6 Å². The van der Waals surface area contributed by atoms with Crippen molar-refractivity contribution in [3.05, 3.63) is 52.4 Å². The molecule has 1 aliphatic heterocycles. The summed E-state index contributed by atoms with van der Waals surface area (Å²) in [4.78, 5) is 33.4. The Bertz CT molecular complexity index is 1500. The highest BCUT2D eigenvalue weighted by Gasteiger charge is 2.24. The molecule has 0 aliphatic carbocycles. The van der Waals surface area contributed by atoms with Crippen LogP contribution in [0.25, 0.3) is 11.0 Å². The van der Waals surface area contributed by atoms with Gasteiger partial charge in [0.1, 0.15) is 5.52 Å². The zero-order valence-electron chi connectivity index (χ0n) is 19.7. The van der Waals surface area contributed by atoms with Crippen LogP contribution in [0.5, 0.6) is 0 Å². The summed E-state index contributed by atoms with van der Waals surface area (Å²) in [6.07, 6.45) is 4.42. The Morgan fingerprint density at radius 2 is 2.06 bits per heavy atom. The summed E-state index contributed by atoms with van der Waals surface area (Å²) in [5.74, 6) is 6.11. The molecule has 4 rings (SSSR count). The number of piperidine rings is 1. The number of aromatic nitrogens is 3. The maximum atomic E-state index is 13.5. The maximum Gasteiger partial charge on any atom is 0.277 e. The molecule has 1 fully saturated rings. The zero-order chi connectivity index (χ0) is 25.2. The van der Waals surface area contributed by atoms with Crippen LogP contribution in [0.2, 0.25) is 0 Å². The lowest BCUT2D eigenvalue weighted by Gasteiger charge is -2.31. The third-order valence-electron chi connectivity index (χ3n) is 5.84. The van der Waals surface area contributed by atoms with E-state index in [0.717, 1.165) is 25.6 Å². The number of hydrogen-bond acceptors (Lipinski definition) is 7. The van der Waals surface area contributed by atoms with Gasteiger partial charge in [0, 0.05) is 30.9 Å². The molecule has 1 aliphatic rings. The number of ketones is 1. The minimum atomic E-state index is -3.58. The summed E-state index contributed by atoms with van der Waals surface area (Å²) < 4.78 is 28.9. The fraction of sp³-hybridized carbons (Fsp3) is 0.375. The molecule has 1 unspecified atom stereocenters. The summed E-state index contributed by atoms with van der Waals surface area (Å²) in [6.45, 7) is 3.18. The van der Waals surface area contributed by atoms with Gasteiger partial charge in [-0.15, -0.1) is 5.92 Å². The van der Waals surface area contributed by atoms with Gasteiger partial charge in [0.15, 0.2) is 5.78 Å². The fourth-order valence-electron chi connectivity index (χ4n) is 4.29. The second kappa shape index (κ2) is 9.93. The van der Waals surface area contributed by atoms with Crippen molar-refractivity contribution in [2.45, 2.75) is 38.9 Å². The standard InChI is InChI=1S/C24H28N6O4S/c1-3-4-13-30-22-20(26-24(30)29-12-7-8-17(25)15-29)11-14-28(23(22)32)16-21(31)18-9-5-6-10-19(18)27-35(2,33)34/h5-6,9-11,14,17,27H,7-8,12-13,15-16,25H2,1-2H3. The smallest absolute Gasteiger partial charge is 0.277 e. The number of nitrogens with two attached hydrogens (primary N) is 1. The van der Waals surface area contributed by atoms with E-state index in [1.165, 1.54) is 22.9 Å². The quantitative estimate of drug-likeness (QED) is 0.373. The predicted molar refractivity (Wildman–Crippen MR) is 136 cm³/mol. The Morgan fingerprint density at radius 1 is 1.29 bits per heavy atom. The first-order chi connectivity index (χ1) is 16.7. The Hall–Kier alpha value is -3.62. The van der Waals surface area contributed by atoms with Gasteiger partial charge < -0.3 is 15.2 Å². The molecule has 0 radical (unpaired) electrons. The van der Waals surface area contributed by atoms with Crippen LogP contribution in [0.15, 0.2) is 41.3 Å². The monoisotopic (exact) mass is 496 g/mol. The van der Waals surface area contributed by atoms with E-state index >= 15 is 0 Å². The predicted octanol–water partition coefficient (Wildman–Crippen LogP) is 1.40.